The van der Waals surface area contributed by atoms with Crippen molar-refractivity contribution in [3.05, 3.63) is 77.9 Å². The van der Waals surface area contributed by atoms with Crippen LogP contribution in [0.25, 0.3) is 0 Å². The molecule has 3 heterocycles. The number of ketones is 1. The average Bonchev–Trinajstić information content (AvgIpc) is 2.84. The van der Waals surface area contributed by atoms with Crippen molar-refractivity contribution in [3.8, 4) is 5.75 Å². The van der Waals surface area contributed by atoms with Gasteiger partial charge in [0.1, 0.15) is 11.4 Å². The molecule has 0 unspecified atom stereocenters. The van der Waals surface area contributed by atoms with Gasteiger partial charge in [0.2, 0.25) is 5.78 Å². The van der Waals surface area contributed by atoms with Gasteiger partial charge in [-0.15, -0.1) is 0 Å². The fourth-order valence-corrected chi connectivity index (χ4v) is 4.13. The van der Waals surface area contributed by atoms with Gasteiger partial charge in [-0.1, -0.05) is 0 Å². The second-order valence-corrected chi connectivity index (χ2v) is 7.80. The molecule has 0 atom stereocenters. The van der Waals surface area contributed by atoms with Crippen molar-refractivity contribution in [2.45, 2.75) is 18.3 Å². The van der Waals surface area contributed by atoms with E-state index in [1.54, 1.807) is 37.6 Å². The summed E-state index contributed by atoms with van der Waals surface area (Å²) in [5.41, 5.74) is 9.47. The van der Waals surface area contributed by atoms with Crippen molar-refractivity contribution in [3.63, 3.8) is 0 Å². The lowest BCUT2D eigenvalue weighted by Crippen LogP contribution is -2.44. The van der Waals surface area contributed by atoms with Crippen LogP contribution in [-0.4, -0.2) is 42.5 Å². The molecule has 0 amide bonds. The Bertz CT molecular complexity index is 1030. The Morgan fingerprint density at radius 1 is 1.10 bits per heavy atom. The topological polar surface area (TPSA) is 102 Å². The van der Waals surface area contributed by atoms with Crippen molar-refractivity contribution in [2.24, 2.45) is 0 Å². The first-order valence-electron chi connectivity index (χ1n) is 10.4. The minimum atomic E-state index is -0.213. The van der Waals surface area contributed by atoms with Crippen LogP contribution in [0, 0.1) is 0 Å². The maximum atomic E-state index is 13.0. The lowest BCUT2D eigenvalue weighted by molar-refractivity contribution is 0.103. The summed E-state index contributed by atoms with van der Waals surface area (Å²) in [5.74, 6) is 0.478. The second-order valence-electron chi connectivity index (χ2n) is 7.80. The summed E-state index contributed by atoms with van der Waals surface area (Å²) in [6.07, 6.45) is 7.31. The average molecular weight is 418 g/mol. The van der Waals surface area contributed by atoms with Gasteiger partial charge in [-0.25, -0.2) is 0 Å². The van der Waals surface area contributed by atoms with Crippen molar-refractivity contribution in [1.29, 1.82) is 0 Å². The predicted octanol–water partition coefficient (Wildman–Crippen LogP) is 3.03. The van der Waals surface area contributed by atoms with Gasteiger partial charge in [0.25, 0.3) is 0 Å². The molecule has 4 rings (SSSR count). The molecule has 0 spiro atoms. The van der Waals surface area contributed by atoms with Gasteiger partial charge in [0.15, 0.2) is 0 Å². The number of benzene rings is 1. The summed E-state index contributed by atoms with van der Waals surface area (Å²) >= 11 is 0. The monoisotopic (exact) mass is 417 g/mol. The summed E-state index contributed by atoms with van der Waals surface area (Å²) in [5, 5.41) is 6.94. The normalized spacial score (nSPS) is 15.3. The van der Waals surface area contributed by atoms with Crippen LogP contribution >= 0.6 is 0 Å². The van der Waals surface area contributed by atoms with E-state index in [1.165, 1.54) is 5.56 Å². The molecular weight excluding hydrogens is 390 g/mol. The molecule has 0 aliphatic carbocycles. The lowest BCUT2D eigenvalue weighted by Gasteiger charge is -2.38. The molecule has 1 aliphatic heterocycles. The number of nitrogens with one attached hydrogen (secondary N) is 2. The van der Waals surface area contributed by atoms with Crippen LogP contribution in [0.5, 0.6) is 5.75 Å². The maximum Gasteiger partial charge on any atom is 0.213 e. The fourth-order valence-electron chi connectivity index (χ4n) is 4.13. The zero-order valence-electron chi connectivity index (χ0n) is 17.6. The summed E-state index contributed by atoms with van der Waals surface area (Å²) in [6, 6.07) is 12.9. The number of methoxy groups -OCH3 is 1. The Kier molecular flexibility index (Phi) is 6.13. The fraction of sp³-hybridized carbons (Fsp3) is 0.292. The summed E-state index contributed by atoms with van der Waals surface area (Å²) in [6.45, 7) is 2.62. The number of nitrogen functional groups attached to an aromatic ring is 1. The zero-order chi connectivity index (χ0) is 21.7. The minimum absolute atomic E-state index is 0.0238. The van der Waals surface area contributed by atoms with Crippen LogP contribution in [0.2, 0.25) is 0 Å². The molecular formula is C24H27N5O2. The molecule has 31 heavy (non-hydrogen) atoms. The number of ether oxygens (including phenoxy) is 1. The summed E-state index contributed by atoms with van der Waals surface area (Å²) < 4.78 is 5.16. The van der Waals surface area contributed by atoms with E-state index in [0.29, 0.717) is 23.5 Å². The highest BCUT2D eigenvalue weighted by atomic mass is 16.5. The first-order chi connectivity index (χ1) is 15.1. The molecule has 160 valence electrons. The molecule has 1 fully saturated rings. The molecule has 1 aromatic carbocycles. The van der Waals surface area contributed by atoms with Gasteiger partial charge in [-0.2, -0.15) is 0 Å². The van der Waals surface area contributed by atoms with Crippen molar-refractivity contribution in [1.82, 2.24) is 15.3 Å². The predicted molar refractivity (Wildman–Crippen MR) is 122 cm³/mol. The largest absolute Gasteiger partial charge is 0.497 e. The van der Waals surface area contributed by atoms with Gasteiger partial charge in [-0.3, -0.25) is 14.8 Å². The molecule has 3 aromatic rings. The quantitative estimate of drug-likeness (QED) is 0.508. The Morgan fingerprint density at radius 3 is 2.48 bits per heavy atom. The number of pyridine rings is 2. The van der Waals surface area contributed by atoms with E-state index < -0.39 is 0 Å². The highest BCUT2D eigenvalue weighted by molar-refractivity contribution is 6.12. The van der Waals surface area contributed by atoms with E-state index >= 15 is 0 Å². The minimum Gasteiger partial charge on any atom is -0.497 e. The second kappa shape index (κ2) is 9.14. The summed E-state index contributed by atoms with van der Waals surface area (Å²) in [4.78, 5) is 21.4. The first kappa shape index (κ1) is 20.8. The van der Waals surface area contributed by atoms with Crippen LogP contribution in [0.4, 0.5) is 11.4 Å². The van der Waals surface area contributed by atoms with E-state index in [-0.39, 0.29) is 16.9 Å². The number of hydrogen-bond donors (Lipinski definition) is 3. The van der Waals surface area contributed by atoms with Crippen LogP contribution in [-0.2, 0) is 5.41 Å². The van der Waals surface area contributed by atoms with Crippen LogP contribution in [0.1, 0.15) is 34.5 Å². The van der Waals surface area contributed by atoms with Gasteiger partial charge in [-0.05, 0) is 74.0 Å². The third kappa shape index (κ3) is 4.36. The van der Waals surface area contributed by atoms with Crippen LogP contribution < -0.4 is 21.1 Å². The summed E-state index contributed by atoms with van der Waals surface area (Å²) in [7, 11) is 1.59. The SMILES string of the molecule is COc1ccc(C(=O)c2nccc(NCC3(c4ccncc4)CCNCC3)c2N)cc1. The molecule has 2 aromatic heterocycles. The van der Waals surface area contributed by atoms with Crippen LogP contribution in [0.15, 0.2) is 61.1 Å². The molecule has 0 saturated carbocycles. The van der Waals surface area contributed by atoms with E-state index in [0.717, 1.165) is 31.6 Å². The number of hydrogen-bond acceptors (Lipinski definition) is 7. The molecule has 0 bridgehead atoms. The number of anilines is 2. The smallest absolute Gasteiger partial charge is 0.213 e. The Balaban J connectivity index is 1.57. The first-order valence-corrected chi connectivity index (χ1v) is 10.4. The van der Waals surface area contributed by atoms with Gasteiger partial charge >= 0.3 is 0 Å². The van der Waals surface area contributed by atoms with E-state index in [2.05, 4.69) is 32.7 Å². The molecule has 1 saturated heterocycles. The number of carbonyl (C=O) groups is 1. The molecule has 1 aliphatic rings. The number of nitrogens with zero attached hydrogens (tertiary/aromatic N) is 2. The third-order valence-electron chi connectivity index (χ3n) is 6.03. The Labute approximate surface area is 182 Å². The third-order valence-corrected chi connectivity index (χ3v) is 6.03. The van der Waals surface area contributed by atoms with Crippen molar-refractivity contribution in [2.75, 3.05) is 37.8 Å². The lowest BCUT2D eigenvalue weighted by atomic mass is 9.73. The van der Waals surface area contributed by atoms with Gasteiger partial charge in [0.05, 0.1) is 18.5 Å². The highest BCUT2D eigenvalue weighted by Crippen LogP contribution is 2.34. The maximum absolute atomic E-state index is 13.0. The number of rotatable bonds is 7. The van der Waals surface area contributed by atoms with Gasteiger partial charge < -0.3 is 21.1 Å². The number of piperidine rings is 1. The molecule has 7 nitrogen and oxygen atoms in total. The van der Waals surface area contributed by atoms with E-state index in [4.69, 9.17) is 10.5 Å². The number of nitrogens with two attached hydrogens (primary N) is 1. The van der Waals surface area contributed by atoms with Crippen molar-refractivity contribution >= 4 is 17.2 Å². The van der Waals surface area contributed by atoms with E-state index in [9.17, 15) is 4.79 Å². The van der Waals surface area contributed by atoms with Gasteiger partial charge in [0, 0.05) is 36.1 Å². The standard InChI is InChI=1S/C24H27N5O2/c1-31-19-4-2-17(3-5-19)23(30)22-21(25)20(8-13-28-22)29-16-24(9-14-27-15-10-24)18-6-11-26-12-7-18/h2-8,11-13,27H,9-10,14-16,25H2,1H3,(H,28,29). The number of carbonyl (C=O) groups excluding carboxylic acids is 1. The molecule has 4 N–H and O–H groups in total. The van der Waals surface area contributed by atoms with Crippen molar-refractivity contribution < 1.29 is 9.53 Å². The zero-order valence-corrected chi connectivity index (χ0v) is 17.6. The van der Waals surface area contributed by atoms with Crippen LogP contribution in [0.3, 0.4) is 0 Å². The van der Waals surface area contributed by atoms with E-state index in [1.807, 2.05) is 18.5 Å². The molecule has 0 radical (unpaired) electrons. The molecule has 7 heteroatoms. The Morgan fingerprint density at radius 2 is 1.81 bits per heavy atom. The Hall–Kier alpha value is -3.45. The highest BCUT2D eigenvalue weighted by Gasteiger charge is 2.34. The number of aromatic nitrogens is 2.